The molecular formula is C10H10BrFN2O. The van der Waals surface area contributed by atoms with Gasteiger partial charge in [-0.1, -0.05) is 0 Å². The van der Waals surface area contributed by atoms with Gasteiger partial charge >= 0.3 is 0 Å². The molecule has 1 aromatic heterocycles. The van der Waals surface area contributed by atoms with Crippen LogP contribution in [0.15, 0.2) is 16.7 Å². The van der Waals surface area contributed by atoms with E-state index in [9.17, 15) is 4.39 Å². The molecule has 0 unspecified atom stereocenters. The standard InChI is InChI=1S/C10H10BrFN2O/c1-15-10-6(11)2-7(12)9-8(10)5(3-13)4-14-9/h2,4,14H,3,13H2,1H3. The van der Waals surface area contributed by atoms with Gasteiger partial charge < -0.3 is 15.5 Å². The number of rotatable bonds is 2. The molecule has 0 aliphatic heterocycles. The number of H-pyrrole nitrogens is 1. The Morgan fingerprint density at radius 3 is 2.93 bits per heavy atom. The number of nitrogens with two attached hydrogens (primary N) is 1. The molecule has 5 heteroatoms. The average Bonchev–Trinajstić information content (AvgIpc) is 2.62. The van der Waals surface area contributed by atoms with Gasteiger partial charge in [0.15, 0.2) is 0 Å². The third-order valence-electron chi connectivity index (χ3n) is 2.32. The number of hydrogen-bond acceptors (Lipinski definition) is 2. The fourth-order valence-corrected chi connectivity index (χ4v) is 2.20. The molecule has 0 fully saturated rings. The van der Waals surface area contributed by atoms with Gasteiger partial charge in [-0.15, -0.1) is 0 Å². The molecule has 0 atom stereocenters. The maximum Gasteiger partial charge on any atom is 0.148 e. The van der Waals surface area contributed by atoms with Crippen LogP contribution in [-0.2, 0) is 6.54 Å². The quantitative estimate of drug-likeness (QED) is 0.883. The molecular weight excluding hydrogens is 263 g/mol. The fourth-order valence-electron chi connectivity index (χ4n) is 1.64. The summed E-state index contributed by atoms with van der Waals surface area (Å²) in [5.41, 5.74) is 6.83. The van der Waals surface area contributed by atoms with Crippen molar-refractivity contribution < 1.29 is 9.13 Å². The molecule has 0 aliphatic carbocycles. The fraction of sp³-hybridized carbons (Fsp3) is 0.200. The minimum Gasteiger partial charge on any atom is -0.495 e. The lowest BCUT2D eigenvalue weighted by atomic mass is 10.1. The molecule has 3 N–H and O–H groups in total. The monoisotopic (exact) mass is 272 g/mol. The Balaban J connectivity index is 2.89. The Morgan fingerprint density at radius 1 is 1.60 bits per heavy atom. The predicted molar refractivity (Wildman–Crippen MR) is 60.4 cm³/mol. The van der Waals surface area contributed by atoms with Gasteiger partial charge in [0.05, 0.1) is 22.5 Å². The molecule has 0 bridgehead atoms. The number of hydrogen-bond donors (Lipinski definition) is 2. The molecule has 2 aromatic rings. The highest BCUT2D eigenvalue weighted by Crippen LogP contribution is 2.37. The van der Waals surface area contributed by atoms with Gasteiger partial charge in [0.1, 0.15) is 11.6 Å². The Labute approximate surface area is 94.5 Å². The number of methoxy groups -OCH3 is 1. The van der Waals surface area contributed by atoms with E-state index in [4.69, 9.17) is 10.5 Å². The first-order valence-electron chi connectivity index (χ1n) is 4.41. The van der Waals surface area contributed by atoms with Gasteiger partial charge in [0.2, 0.25) is 0 Å². The van der Waals surface area contributed by atoms with Crippen molar-refractivity contribution in [2.45, 2.75) is 6.54 Å². The van der Waals surface area contributed by atoms with E-state index in [0.29, 0.717) is 27.7 Å². The number of benzene rings is 1. The number of fused-ring (bicyclic) bond motifs is 1. The predicted octanol–water partition coefficient (Wildman–Crippen LogP) is 2.54. The molecule has 15 heavy (non-hydrogen) atoms. The smallest absolute Gasteiger partial charge is 0.148 e. The Bertz CT molecular complexity index is 510. The Hall–Kier alpha value is -1.07. The number of nitrogens with one attached hydrogen (secondary N) is 1. The van der Waals surface area contributed by atoms with Crippen molar-refractivity contribution in [3.8, 4) is 5.75 Å². The highest BCUT2D eigenvalue weighted by atomic mass is 79.9. The van der Waals surface area contributed by atoms with Crippen LogP contribution in [0.25, 0.3) is 10.9 Å². The summed E-state index contributed by atoms with van der Waals surface area (Å²) < 4.78 is 19.4. The zero-order chi connectivity index (χ0) is 11.0. The Morgan fingerprint density at radius 2 is 2.33 bits per heavy atom. The first-order chi connectivity index (χ1) is 7.19. The van der Waals surface area contributed by atoms with Gasteiger partial charge in [-0.25, -0.2) is 4.39 Å². The molecule has 0 saturated heterocycles. The number of halogens is 2. The second-order valence-corrected chi connectivity index (χ2v) is 4.00. The lowest BCUT2D eigenvalue weighted by Crippen LogP contribution is -1.96. The van der Waals surface area contributed by atoms with E-state index in [1.54, 1.807) is 13.3 Å². The van der Waals surface area contributed by atoms with Crippen molar-refractivity contribution in [1.82, 2.24) is 4.98 Å². The molecule has 1 heterocycles. The number of aromatic amines is 1. The molecule has 80 valence electrons. The first kappa shape index (κ1) is 10.4. The Kier molecular flexibility index (Phi) is 2.67. The summed E-state index contributed by atoms with van der Waals surface area (Å²) in [6.07, 6.45) is 1.70. The highest BCUT2D eigenvalue weighted by molar-refractivity contribution is 9.10. The van der Waals surface area contributed by atoms with Crippen molar-refractivity contribution in [3.63, 3.8) is 0 Å². The topological polar surface area (TPSA) is 51.0 Å². The van der Waals surface area contributed by atoms with Crippen LogP contribution in [-0.4, -0.2) is 12.1 Å². The molecule has 3 nitrogen and oxygen atoms in total. The second kappa shape index (κ2) is 3.83. The van der Waals surface area contributed by atoms with Gasteiger partial charge in [-0.05, 0) is 27.6 Å². The van der Waals surface area contributed by atoms with E-state index < -0.39 is 0 Å². The van der Waals surface area contributed by atoms with Crippen molar-refractivity contribution in [1.29, 1.82) is 0 Å². The SMILES string of the molecule is COc1c(Br)cc(F)c2[nH]cc(CN)c12. The summed E-state index contributed by atoms with van der Waals surface area (Å²) in [7, 11) is 1.55. The molecule has 2 rings (SSSR count). The third-order valence-corrected chi connectivity index (χ3v) is 2.91. The van der Waals surface area contributed by atoms with E-state index in [-0.39, 0.29) is 5.82 Å². The van der Waals surface area contributed by atoms with Gasteiger partial charge in [-0.2, -0.15) is 0 Å². The molecule has 0 saturated carbocycles. The second-order valence-electron chi connectivity index (χ2n) is 3.14. The van der Waals surface area contributed by atoms with Crippen LogP contribution >= 0.6 is 15.9 Å². The summed E-state index contributed by atoms with van der Waals surface area (Å²) >= 11 is 3.26. The van der Waals surface area contributed by atoms with E-state index in [0.717, 1.165) is 5.56 Å². The molecule has 1 aromatic carbocycles. The van der Waals surface area contributed by atoms with Crippen LogP contribution in [0.2, 0.25) is 0 Å². The maximum absolute atomic E-state index is 13.6. The largest absolute Gasteiger partial charge is 0.495 e. The zero-order valence-corrected chi connectivity index (χ0v) is 9.69. The minimum absolute atomic E-state index is 0.322. The normalized spacial score (nSPS) is 10.9. The lowest BCUT2D eigenvalue weighted by Gasteiger charge is -2.07. The van der Waals surface area contributed by atoms with Crippen molar-refractivity contribution in [3.05, 3.63) is 28.1 Å². The molecule has 0 aliphatic rings. The van der Waals surface area contributed by atoms with Crippen molar-refractivity contribution in [2.75, 3.05) is 7.11 Å². The van der Waals surface area contributed by atoms with E-state index in [1.807, 2.05) is 0 Å². The number of aromatic nitrogens is 1. The summed E-state index contributed by atoms with van der Waals surface area (Å²) in [5.74, 6) is 0.283. The molecule has 0 radical (unpaired) electrons. The number of ether oxygens (including phenoxy) is 1. The average molecular weight is 273 g/mol. The summed E-state index contributed by atoms with van der Waals surface area (Å²) in [5, 5.41) is 0.701. The van der Waals surface area contributed by atoms with Crippen molar-refractivity contribution in [2.24, 2.45) is 5.73 Å². The van der Waals surface area contributed by atoms with Crippen LogP contribution in [0, 0.1) is 5.82 Å². The lowest BCUT2D eigenvalue weighted by molar-refractivity contribution is 0.416. The molecule has 0 amide bonds. The zero-order valence-electron chi connectivity index (χ0n) is 8.10. The maximum atomic E-state index is 13.6. The van der Waals surface area contributed by atoms with Crippen LogP contribution in [0.4, 0.5) is 4.39 Å². The van der Waals surface area contributed by atoms with Crippen LogP contribution in [0.3, 0.4) is 0 Å². The van der Waals surface area contributed by atoms with E-state index in [2.05, 4.69) is 20.9 Å². The van der Waals surface area contributed by atoms with Crippen LogP contribution < -0.4 is 10.5 Å². The van der Waals surface area contributed by atoms with Crippen LogP contribution in [0.1, 0.15) is 5.56 Å². The van der Waals surface area contributed by atoms with Gasteiger partial charge in [0.25, 0.3) is 0 Å². The van der Waals surface area contributed by atoms with Crippen molar-refractivity contribution >= 4 is 26.8 Å². The van der Waals surface area contributed by atoms with E-state index in [1.165, 1.54) is 6.07 Å². The summed E-state index contributed by atoms with van der Waals surface area (Å²) in [4.78, 5) is 2.85. The third kappa shape index (κ3) is 1.52. The van der Waals surface area contributed by atoms with Gasteiger partial charge in [-0.3, -0.25) is 0 Å². The highest BCUT2D eigenvalue weighted by Gasteiger charge is 2.15. The summed E-state index contributed by atoms with van der Waals surface area (Å²) in [6, 6.07) is 1.37. The van der Waals surface area contributed by atoms with E-state index >= 15 is 0 Å². The first-order valence-corrected chi connectivity index (χ1v) is 5.20. The summed E-state index contributed by atoms with van der Waals surface area (Å²) in [6.45, 7) is 0.340. The van der Waals surface area contributed by atoms with Gasteiger partial charge in [0, 0.05) is 12.7 Å². The molecule has 0 spiro atoms. The minimum atomic E-state index is -0.322. The van der Waals surface area contributed by atoms with Crippen LogP contribution in [0.5, 0.6) is 5.75 Å².